The summed E-state index contributed by atoms with van der Waals surface area (Å²) in [5, 5.41) is 0. The van der Waals surface area contributed by atoms with E-state index in [2.05, 4.69) is 52.4 Å². The number of aromatic nitrogens is 1. The lowest BCUT2D eigenvalue weighted by Crippen LogP contribution is -2.47. The summed E-state index contributed by atoms with van der Waals surface area (Å²) in [6.45, 7) is 6.04. The molecule has 0 saturated carbocycles. The van der Waals surface area contributed by atoms with Gasteiger partial charge in [-0.05, 0) is 48.6 Å². The Labute approximate surface area is 104 Å². The van der Waals surface area contributed by atoms with Crippen LogP contribution in [0.4, 0.5) is 5.69 Å². The smallest absolute Gasteiger partial charge is 0.101 e. The third kappa shape index (κ3) is 2.60. The van der Waals surface area contributed by atoms with Gasteiger partial charge >= 0.3 is 0 Å². The molecule has 0 bridgehead atoms. The second kappa shape index (κ2) is 4.65. The van der Waals surface area contributed by atoms with Gasteiger partial charge in [0.1, 0.15) is 3.70 Å². The first-order chi connectivity index (χ1) is 7.16. The molecule has 1 aromatic heterocycles. The third-order valence-corrected chi connectivity index (χ3v) is 3.29. The van der Waals surface area contributed by atoms with Crippen molar-refractivity contribution in [1.82, 2.24) is 4.98 Å². The average Bonchev–Trinajstić information content (AvgIpc) is 2.23. The second-order valence-electron chi connectivity index (χ2n) is 3.98. The molecule has 2 rings (SSSR count). The van der Waals surface area contributed by atoms with Crippen LogP contribution < -0.4 is 4.90 Å². The number of hydrogen-bond acceptors (Lipinski definition) is 3. The first kappa shape index (κ1) is 11.1. The molecule has 15 heavy (non-hydrogen) atoms. The van der Waals surface area contributed by atoms with Crippen LogP contribution in [0.3, 0.4) is 0 Å². The summed E-state index contributed by atoms with van der Waals surface area (Å²) in [4.78, 5) is 6.68. The summed E-state index contributed by atoms with van der Waals surface area (Å²) < 4.78 is 6.63. The second-order valence-corrected chi connectivity index (χ2v) is 5.09. The summed E-state index contributed by atoms with van der Waals surface area (Å²) >= 11 is 2.22. The number of anilines is 1. The van der Waals surface area contributed by atoms with Crippen molar-refractivity contribution in [3.05, 3.63) is 22.0 Å². The summed E-state index contributed by atoms with van der Waals surface area (Å²) in [5.74, 6) is 0. The fourth-order valence-corrected chi connectivity index (χ4v) is 2.12. The van der Waals surface area contributed by atoms with Crippen LogP contribution in [0.15, 0.2) is 18.3 Å². The van der Waals surface area contributed by atoms with Crippen LogP contribution in [0.2, 0.25) is 0 Å². The molecule has 2 atom stereocenters. The Morgan fingerprint density at radius 2 is 2.27 bits per heavy atom. The molecule has 0 N–H and O–H groups in total. The highest BCUT2D eigenvalue weighted by molar-refractivity contribution is 14.1. The molecule has 0 aromatic carbocycles. The Hall–Kier alpha value is -0.360. The van der Waals surface area contributed by atoms with E-state index in [0.717, 1.165) is 16.9 Å². The molecule has 2 heterocycles. The predicted octanol–water partition coefficient (Wildman–Crippen LogP) is 2.30. The maximum Gasteiger partial charge on any atom is 0.101 e. The fraction of sp³-hybridized carbons (Fsp3) is 0.545. The zero-order valence-corrected chi connectivity index (χ0v) is 11.1. The van der Waals surface area contributed by atoms with Crippen LogP contribution in [0.25, 0.3) is 0 Å². The van der Waals surface area contributed by atoms with Crippen molar-refractivity contribution in [2.75, 3.05) is 18.1 Å². The Balaban J connectivity index is 2.17. The van der Waals surface area contributed by atoms with Gasteiger partial charge in [0, 0.05) is 12.6 Å². The van der Waals surface area contributed by atoms with Crippen LogP contribution in [-0.2, 0) is 4.74 Å². The van der Waals surface area contributed by atoms with Crippen molar-refractivity contribution in [3.8, 4) is 0 Å². The van der Waals surface area contributed by atoms with Gasteiger partial charge in [0.15, 0.2) is 0 Å². The number of hydrogen-bond donors (Lipinski definition) is 0. The van der Waals surface area contributed by atoms with Crippen molar-refractivity contribution in [2.45, 2.75) is 26.0 Å². The van der Waals surface area contributed by atoms with Gasteiger partial charge in [-0.2, -0.15) is 0 Å². The van der Waals surface area contributed by atoms with Crippen LogP contribution in [0.1, 0.15) is 13.8 Å². The first-order valence-electron chi connectivity index (χ1n) is 5.16. The van der Waals surface area contributed by atoms with Gasteiger partial charge in [-0.25, -0.2) is 4.98 Å². The Kier molecular flexibility index (Phi) is 3.45. The average molecular weight is 318 g/mol. The summed E-state index contributed by atoms with van der Waals surface area (Å²) in [6, 6.07) is 4.61. The molecule has 1 saturated heterocycles. The molecule has 82 valence electrons. The lowest BCUT2D eigenvalue weighted by molar-refractivity contribution is 0.0343. The van der Waals surface area contributed by atoms with Gasteiger partial charge < -0.3 is 9.64 Å². The molecular formula is C11H15IN2O. The minimum atomic E-state index is 0.306. The highest BCUT2D eigenvalue weighted by Gasteiger charge is 2.23. The zero-order valence-electron chi connectivity index (χ0n) is 8.98. The number of nitrogens with zero attached hydrogens (tertiary/aromatic N) is 2. The monoisotopic (exact) mass is 318 g/mol. The molecule has 0 amide bonds. The summed E-state index contributed by atoms with van der Waals surface area (Å²) in [7, 11) is 0. The van der Waals surface area contributed by atoms with Crippen molar-refractivity contribution >= 4 is 28.3 Å². The van der Waals surface area contributed by atoms with Crippen molar-refractivity contribution < 1.29 is 4.74 Å². The van der Waals surface area contributed by atoms with E-state index in [-0.39, 0.29) is 0 Å². The van der Waals surface area contributed by atoms with E-state index in [1.165, 1.54) is 5.69 Å². The zero-order chi connectivity index (χ0) is 10.8. The normalized spacial score (nSPS) is 26.7. The van der Waals surface area contributed by atoms with Gasteiger partial charge in [-0.3, -0.25) is 0 Å². The van der Waals surface area contributed by atoms with Gasteiger partial charge in [0.2, 0.25) is 0 Å². The largest absolute Gasteiger partial charge is 0.375 e. The van der Waals surface area contributed by atoms with Crippen molar-refractivity contribution in [2.24, 2.45) is 0 Å². The highest BCUT2D eigenvalue weighted by Crippen LogP contribution is 2.21. The molecule has 1 aromatic rings. The fourth-order valence-electron chi connectivity index (χ4n) is 1.80. The standard InChI is InChI=1S/C11H15IN2O/c1-8-7-15-9(2)6-14(8)10-3-4-11(12)13-5-10/h3-5,8-9H,6-7H2,1-2H3. The van der Waals surface area contributed by atoms with E-state index in [0.29, 0.717) is 12.1 Å². The molecule has 0 spiro atoms. The van der Waals surface area contributed by atoms with Crippen LogP contribution in [-0.4, -0.2) is 30.3 Å². The minimum absolute atomic E-state index is 0.306. The van der Waals surface area contributed by atoms with E-state index in [9.17, 15) is 0 Å². The minimum Gasteiger partial charge on any atom is -0.375 e. The van der Waals surface area contributed by atoms with Crippen molar-refractivity contribution in [3.63, 3.8) is 0 Å². The lowest BCUT2D eigenvalue weighted by Gasteiger charge is -2.38. The Bertz CT molecular complexity index is 328. The first-order valence-corrected chi connectivity index (χ1v) is 6.24. The van der Waals surface area contributed by atoms with Crippen LogP contribution in [0.5, 0.6) is 0 Å². The maximum absolute atomic E-state index is 5.60. The quantitative estimate of drug-likeness (QED) is 0.587. The van der Waals surface area contributed by atoms with Crippen LogP contribution >= 0.6 is 22.6 Å². The van der Waals surface area contributed by atoms with Gasteiger partial charge in [0.05, 0.1) is 24.6 Å². The molecule has 1 aliphatic heterocycles. The SMILES string of the molecule is CC1CN(c2ccc(I)nc2)C(C)CO1. The number of halogens is 1. The number of ether oxygens (including phenoxy) is 1. The molecule has 3 nitrogen and oxygen atoms in total. The summed E-state index contributed by atoms with van der Waals surface area (Å²) in [5.41, 5.74) is 1.19. The molecule has 1 fully saturated rings. The van der Waals surface area contributed by atoms with Gasteiger partial charge in [-0.15, -0.1) is 0 Å². The van der Waals surface area contributed by atoms with E-state index < -0.39 is 0 Å². The maximum atomic E-state index is 5.60. The topological polar surface area (TPSA) is 25.4 Å². The third-order valence-electron chi connectivity index (χ3n) is 2.65. The number of rotatable bonds is 1. The molecule has 0 radical (unpaired) electrons. The van der Waals surface area contributed by atoms with E-state index in [1.54, 1.807) is 0 Å². The highest BCUT2D eigenvalue weighted by atomic mass is 127. The molecule has 2 unspecified atom stereocenters. The summed E-state index contributed by atoms with van der Waals surface area (Å²) in [6.07, 6.45) is 2.25. The Morgan fingerprint density at radius 3 is 2.93 bits per heavy atom. The molecule has 0 aliphatic carbocycles. The van der Waals surface area contributed by atoms with Crippen molar-refractivity contribution in [1.29, 1.82) is 0 Å². The molecule has 4 heteroatoms. The van der Waals surface area contributed by atoms with Crippen LogP contribution in [0, 0.1) is 3.70 Å². The van der Waals surface area contributed by atoms with Gasteiger partial charge in [-0.1, -0.05) is 0 Å². The van der Waals surface area contributed by atoms with E-state index in [4.69, 9.17) is 4.74 Å². The predicted molar refractivity (Wildman–Crippen MR) is 69.2 cm³/mol. The number of morpholine rings is 1. The van der Waals surface area contributed by atoms with Gasteiger partial charge in [0.25, 0.3) is 0 Å². The van der Waals surface area contributed by atoms with E-state index >= 15 is 0 Å². The molecule has 1 aliphatic rings. The Morgan fingerprint density at radius 1 is 1.47 bits per heavy atom. The van der Waals surface area contributed by atoms with E-state index in [1.807, 2.05) is 12.3 Å². The number of pyridine rings is 1. The lowest BCUT2D eigenvalue weighted by atomic mass is 10.2. The molecular weight excluding hydrogens is 303 g/mol.